The molecule has 2 aromatic carbocycles. The van der Waals surface area contributed by atoms with Crippen LogP contribution in [0.1, 0.15) is 86.9 Å². The number of alkyl halides is 3. The van der Waals surface area contributed by atoms with Gasteiger partial charge in [0.1, 0.15) is 11.3 Å². The van der Waals surface area contributed by atoms with Gasteiger partial charge in [0, 0.05) is 50.1 Å². The molecule has 1 N–H and O–H groups in total. The number of benzene rings is 2. The summed E-state index contributed by atoms with van der Waals surface area (Å²) >= 11 is 0. The predicted molar refractivity (Wildman–Crippen MR) is 177 cm³/mol. The molecule has 0 amide bonds. The van der Waals surface area contributed by atoms with E-state index < -0.39 is 17.9 Å². The summed E-state index contributed by atoms with van der Waals surface area (Å²) in [5.74, 6) is 0.0443. The molecule has 0 spiro atoms. The molecular weight excluding hydrogens is 605 g/mol. The number of aliphatic carboxylic acids is 1. The Labute approximate surface area is 276 Å². The number of hydrogen-bond donors (Lipinski definition) is 1. The van der Waals surface area contributed by atoms with E-state index in [1.807, 2.05) is 6.92 Å². The molecule has 4 unspecified atom stereocenters. The highest BCUT2D eigenvalue weighted by Gasteiger charge is 2.49. The van der Waals surface area contributed by atoms with Crippen LogP contribution in [0.3, 0.4) is 0 Å². The number of carboxylic acid groups (broad SMARTS) is 1. The summed E-state index contributed by atoms with van der Waals surface area (Å²) in [4.78, 5) is 17.5. The lowest BCUT2D eigenvalue weighted by molar-refractivity contribution is -0.274. The average molecular weight is 655 g/mol. The second-order valence-corrected chi connectivity index (χ2v) is 13.8. The highest BCUT2D eigenvalue weighted by molar-refractivity contribution is 5.78. The Morgan fingerprint density at radius 1 is 1.06 bits per heavy atom. The van der Waals surface area contributed by atoms with Crippen LogP contribution in [0.25, 0.3) is 0 Å². The van der Waals surface area contributed by atoms with Crippen molar-refractivity contribution in [2.24, 2.45) is 11.8 Å². The Bertz CT molecular complexity index is 1500. The van der Waals surface area contributed by atoms with E-state index in [2.05, 4.69) is 77.2 Å². The van der Waals surface area contributed by atoms with Crippen LogP contribution in [0.2, 0.25) is 0 Å². The van der Waals surface area contributed by atoms with Crippen LogP contribution in [-0.4, -0.2) is 75.3 Å². The van der Waals surface area contributed by atoms with Gasteiger partial charge in [-0.1, -0.05) is 62.2 Å². The molecule has 256 valence electrons. The standard InChI is InChI=1S/C37H49F3N4O3/c1-6-26(4)36(5,35(45)46)43-23-30(33(24-43)29-10-8-9-25(3)19-29)22-42-17-15-28(16-18-42)34-21-31(41-44(34)7-2)20-27-11-13-32(14-12-27)47-37(38,39)40/h8-14,19,21,26,28,30,33H,6-7,15-18,20,22-24H2,1-5H3,(H,45,46). The van der Waals surface area contributed by atoms with Crippen LogP contribution in [0, 0.1) is 18.8 Å². The van der Waals surface area contributed by atoms with E-state index in [0.717, 1.165) is 69.8 Å². The van der Waals surface area contributed by atoms with Crippen molar-refractivity contribution in [1.29, 1.82) is 0 Å². The molecule has 0 aliphatic carbocycles. The zero-order valence-electron chi connectivity index (χ0n) is 28.3. The van der Waals surface area contributed by atoms with Crippen molar-refractivity contribution >= 4 is 5.97 Å². The summed E-state index contributed by atoms with van der Waals surface area (Å²) in [5, 5.41) is 15.3. The van der Waals surface area contributed by atoms with Gasteiger partial charge in [-0.15, -0.1) is 13.2 Å². The van der Waals surface area contributed by atoms with Crippen molar-refractivity contribution in [3.05, 3.63) is 82.7 Å². The molecule has 5 rings (SSSR count). The van der Waals surface area contributed by atoms with E-state index in [4.69, 9.17) is 5.10 Å². The lowest BCUT2D eigenvalue weighted by Gasteiger charge is -2.40. The highest BCUT2D eigenvalue weighted by atomic mass is 19.4. The molecule has 4 atom stereocenters. The smallest absolute Gasteiger partial charge is 0.480 e. The topological polar surface area (TPSA) is 70.8 Å². The Morgan fingerprint density at radius 3 is 2.36 bits per heavy atom. The molecule has 0 radical (unpaired) electrons. The van der Waals surface area contributed by atoms with Gasteiger partial charge in [0.15, 0.2) is 0 Å². The van der Waals surface area contributed by atoms with Gasteiger partial charge < -0.3 is 14.7 Å². The number of carbonyl (C=O) groups is 1. The maximum absolute atomic E-state index is 12.7. The first-order valence-corrected chi connectivity index (χ1v) is 17.0. The minimum absolute atomic E-state index is 0.0312. The number of halogens is 3. The third kappa shape index (κ3) is 8.03. The summed E-state index contributed by atoms with van der Waals surface area (Å²) in [7, 11) is 0. The van der Waals surface area contributed by atoms with Crippen LogP contribution in [-0.2, 0) is 17.8 Å². The van der Waals surface area contributed by atoms with Gasteiger partial charge in [0.05, 0.1) is 5.69 Å². The fourth-order valence-electron chi connectivity index (χ4n) is 7.69. The second kappa shape index (κ2) is 14.4. The minimum Gasteiger partial charge on any atom is -0.480 e. The Balaban J connectivity index is 1.25. The fourth-order valence-corrected chi connectivity index (χ4v) is 7.69. The van der Waals surface area contributed by atoms with Gasteiger partial charge in [0.25, 0.3) is 0 Å². The maximum atomic E-state index is 12.7. The number of likely N-dealkylation sites (tertiary alicyclic amines) is 2. The summed E-state index contributed by atoms with van der Waals surface area (Å²) in [6.07, 6.45) is -1.33. The van der Waals surface area contributed by atoms with E-state index in [1.54, 1.807) is 12.1 Å². The normalized spacial score (nSPS) is 21.9. The fraction of sp³-hybridized carbons (Fsp3) is 0.568. The van der Waals surface area contributed by atoms with Crippen molar-refractivity contribution in [2.75, 3.05) is 32.7 Å². The van der Waals surface area contributed by atoms with Gasteiger partial charge in [-0.2, -0.15) is 5.10 Å². The molecule has 1 aromatic heterocycles. The minimum atomic E-state index is -4.71. The van der Waals surface area contributed by atoms with E-state index in [1.165, 1.54) is 29.0 Å². The number of piperidine rings is 1. The number of rotatable bonds is 12. The molecule has 2 fully saturated rings. The number of aryl methyl sites for hydroxylation is 2. The molecule has 2 aliphatic heterocycles. The van der Waals surface area contributed by atoms with Crippen LogP contribution in [0.5, 0.6) is 5.75 Å². The molecule has 0 saturated carbocycles. The van der Waals surface area contributed by atoms with Gasteiger partial charge in [-0.3, -0.25) is 14.4 Å². The number of aromatic nitrogens is 2. The third-order valence-corrected chi connectivity index (χ3v) is 10.8. The number of hydrogen-bond acceptors (Lipinski definition) is 5. The van der Waals surface area contributed by atoms with Crippen LogP contribution < -0.4 is 4.74 Å². The van der Waals surface area contributed by atoms with Gasteiger partial charge in [-0.05, 0) is 87.9 Å². The number of ether oxygens (including phenoxy) is 1. The largest absolute Gasteiger partial charge is 0.573 e. The molecule has 47 heavy (non-hydrogen) atoms. The summed E-state index contributed by atoms with van der Waals surface area (Å²) in [5.41, 5.74) is 4.61. The van der Waals surface area contributed by atoms with Crippen molar-refractivity contribution in [2.45, 2.75) is 90.6 Å². The van der Waals surface area contributed by atoms with Gasteiger partial charge in [-0.25, -0.2) is 0 Å². The molecule has 2 aliphatic rings. The first-order chi connectivity index (χ1) is 22.3. The summed E-state index contributed by atoms with van der Waals surface area (Å²) in [6.45, 7) is 15.4. The Morgan fingerprint density at radius 2 is 1.77 bits per heavy atom. The number of carboxylic acids is 1. The monoisotopic (exact) mass is 654 g/mol. The summed E-state index contributed by atoms with van der Waals surface area (Å²) < 4.78 is 43.7. The van der Waals surface area contributed by atoms with Gasteiger partial charge in [0.2, 0.25) is 0 Å². The molecule has 3 aromatic rings. The van der Waals surface area contributed by atoms with Crippen molar-refractivity contribution < 1.29 is 27.8 Å². The van der Waals surface area contributed by atoms with E-state index in [0.29, 0.717) is 18.3 Å². The molecule has 3 heterocycles. The van der Waals surface area contributed by atoms with E-state index in [-0.39, 0.29) is 17.6 Å². The molecule has 0 bridgehead atoms. The Hall–Kier alpha value is -3.37. The molecule has 7 nitrogen and oxygen atoms in total. The van der Waals surface area contributed by atoms with Crippen LogP contribution >= 0.6 is 0 Å². The van der Waals surface area contributed by atoms with Crippen molar-refractivity contribution in [3.8, 4) is 5.75 Å². The molecule has 2 saturated heterocycles. The lowest BCUT2D eigenvalue weighted by atomic mass is 9.83. The summed E-state index contributed by atoms with van der Waals surface area (Å²) in [6, 6.07) is 16.9. The van der Waals surface area contributed by atoms with Crippen LogP contribution in [0.15, 0.2) is 54.6 Å². The van der Waals surface area contributed by atoms with Crippen molar-refractivity contribution in [3.63, 3.8) is 0 Å². The average Bonchev–Trinajstić information content (AvgIpc) is 3.65. The maximum Gasteiger partial charge on any atom is 0.573 e. The third-order valence-electron chi connectivity index (χ3n) is 10.8. The quantitative estimate of drug-likeness (QED) is 0.218. The lowest BCUT2D eigenvalue weighted by Crippen LogP contribution is -2.56. The zero-order chi connectivity index (χ0) is 33.9. The zero-order valence-corrected chi connectivity index (χ0v) is 28.3. The first-order valence-electron chi connectivity index (χ1n) is 17.0. The SMILES string of the molecule is CCC(C)C(C)(C(=O)O)N1CC(CN2CCC(c3cc(Cc4ccc(OC(F)(F)F)cc4)nn3CC)CC2)C(c2cccc(C)c2)C1. The number of nitrogens with zero attached hydrogens (tertiary/aromatic N) is 4. The highest BCUT2D eigenvalue weighted by Crippen LogP contribution is 2.41. The predicted octanol–water partition coefficient (Wildman–Crippen LogP) is 7.49. The molecule has 10 heteroatoms. The second-order valence-electron chi connectivity index (χ2n) is 13.8. The first kappa shape index (κ1) is 35.0. The molecular formula is C37H49F3N4O3. The Kier molecular flexibility index (Phi) is 10.7. The van der Waals surface area contributed by atoms with Crippen molar-refractivity contribution in [1.82, 2.24) is 19.6 Å². The van der Waals surface area contributed by atoms with Gasteiger partial charge >= 0.3 is 12.3 Å². The van der Waals surface area contributed by atoms with Crippen LogP contribution in [0.4, 0.5) is 13.2 Å². The van der Waals surface area contributed by atoms with E-state index in [9.17, 15) is 23.1 Å². The van der Waals surface area contributed by atoms with E-state index >= 15 is 0 Å².